The first-order valence-corrected chi connectivity index (χ1v) is 3.68. The fraction of sp³-hybridized carbons (Fsp3) is 0.750. The summed E-state index contributed by atoms with van der Waals surface area (Å²) in [5.41, 5.74) is 4.57. The Morgan fingerprint density at radius 1 is 1.33 bits per heavy atom. The van der Waals surface area contributed by atoms with Crippen molar-refractivity contribution < 1.29 is 14.3 Å². The van der Waals surface area contributed by atoms with E-state index >= 15 is 0 Å². The molecule has 1 unspecified atom stereocenters. The topological polar surface area (TPSA) is 69.4 Å². The van der Waals surface area contributed by atoms with E-state index in [9.17, 15) is 9.59 Å². The zero-order valence-corrected chi connectivity index (χ0v) is 7.88. The molecular weight excluding hydrogens is 158 g/mol. The second kappa shape index (κ2) is 3.56. The van der Waals surface area contributed by atoms with Gasteiger partial charge in [-0.05, 0) is 5.41 Å². The highest BCUT2D eigenvalue weighted by Gasteiger charge is 2.36. The van der Waals surface area contributed by atoms with Gasteiger partial charge in [0.1, 0.15) is 5.92 Å². The normalized spacial score (nSPS) is 13.7. The minimum absolute atomic E-state index is 0.487. The van der Waals surface area contributed by atoms with Gasteiger partial charge in [-0.1, -0.05) is 20.8 Å². The SMILES string of the molecule is COC(=O)C(C(N)=O)C(C)(C)C. The molecule has 0 aliphatic rings. The molecule has 0 rings (SSSR count). The smallest absolute Gasteiger partial charge is 0.318 e. The van der Waals surface area contributed by atoms with E-state index in [4.69, 9.17) is 5.73 Å². The Labute approximate surface area is 72.1 Å². The Balaban J connectivity index is 4.68. The van der Waals surface area contributed by atoms with E-state index in [2.05, 4.69) is 4.74 Å². The minimum Gasteiger partial charge on any atom is -0.468 e. The van der Waals surface area contributed by atoms with E-state index in [1.54, 1.807) is 20.8 Å². The molecule has 1 atom stereocenters. The van der Waals surface area contributed by atoms with Gasteiger partial charge in [-0.2, -0.15) is 0 Å². The number of hydrogen-bond acceptors (Lipinski definition) is 3. The van der Waals surface area contributed by atoms with Crippen molar-refractivity contribution in [3.63, 3.8) is 0 Å². The highest BCUT2D eigenvalue weighted by atomic mass is 16.5. The van der Waals surface area contributed by atoms with Crippen LogP contribution in [0.5, 0.6) is 0 Å². The van der Waals surface area contributed by atoms with Crippen LogP contribution >= 0.6 is 0 Å². The first kappa shape index (κ1) is 10.9. The van der Waals surface area contributed by atoms with Gasteiger partial charge in [-0.3, -0.25) is 9.59 Å². The Bertz CT molecular complexity index is 193. The molecule has 1 amide bonds. The zero-order valence-electron chi connectivity index (χ0n) is 7.88. The van der Waals surface area contributed by atoms with Gasteiger partial charge in [0.2, 0.25) is 5.91 Å². The highest BCUT2D eigenvalue weighted by Crippen LogP contribution is 2.26. The predicted octanol–water partition coefficient (Wildman–Crippen LogP) is 0.307. The first-order chi connectivity index (χ1) is 5.30. The molecule has 0 aromatic carbocycles. The number of amides is 1. The van der Waals surface area contributed by atoms with E-state index in [0.29, 0.717) is 0 Å². The lowest BCUT2D eigenvalue weighted by molar-refractivity contribution is -0.153. The van der Waals surface area contributed by atoms with Crippen LogP contribution in [0.15, 0.2) is 0 Å². The van der Waals surface area contributed by atoms with Crippen LogP contribution in [0.4, 0.5) is 0 Å². The summed E-state index contributed by atoms with van der Waals surface area (Å²) in [6, 6.07) is 0. The van der Waals surface area contributed by atoms with Crippen molar-refractivity contribution in [2.24, 2.45) is 17.1 Å². The molecule has 0 heterocycles. The summed E-state index contributed by atoms with van der Waals surface area (Å²) in [7, 11) is 1.24. The molecule has 0 saturated heterocycles. The van der Waals surface area contributed by atoms with Crippen molar-refractivity contribution in [2.75, 3.05) is 7.11 Å². The second-order valence-electron chi connectivity index (χ2n) is 3.72. The van der Waals surface area contributed by atoms with E-state index in [1.165, 1.54) is 7.11 Å². The Kier molecular flexibility index (Phi) is 3.24. The average molecular weight is 173 g/mol. The lowest BCUT2D eigenvalue weighted by Gasteiger charge is -2.25. The van der Waals surface area contributed by atoms with Crippen LogP contribution in [0.3, 0.4) is 0 Å². The fourth-order valence-corrected chi connectivity index (χ4v) is 1.01. The van der Waals surface area contributed by atoms with E-state index < -0.39 is 23.2 Å². The van der Waals surface area contributed by atoms with Gasteiger partial charge in [0.15, 0.2) is 0 Å². The molecule has 0 fully saturated rings. The molecule has 0 spiro atoms. The van der Waals surface area contributed by atoms with Gasteiger partial charge in [-0.25, -0.2) is 0 Å². The number of primary amides is 1. The third-order valence-corrected chi connectivity index (χ3v) is 1.59. The third kappa shape index (κ3) is 2.53. The van der Waals surface area contributed by atoms with Gasteiger partial charge >= 0.3 is 5.97 Å². The van der Waals surface area contributed by atoms with Crippen molar-refractivity contribution in [1.82, 2.24) is 0 Å². The number of carbonyl (C=O) groups excluding carboxylic acids is 2. The fourth-order valence-electron chi connectivity index (χ4n) is 1.01. The summed E-state index contributed by atoms with van der Waals surface area (Å²) in [5.74, 6) is -2.09. The van der Waals surface area contributed by atoms with Crippen LogP contribution in [0.1, 0.15) is 20.8 Å². The summed E-state index contributed by atoms with van der Waals surface area (Å²) in [5, 5.41) is 0. The number of carbonyl (C=O) groups is 2. The maximum atomic E-state index is 11.1. The van der Waals surface area contributed by atoms with E-state index in [1.807, 2.05) is 0 Å². The van der Waals surface area contributed by atoms with E-state index in [-0.39, 0.29) is 0 Å². The van der Waals surface area contributed by atoms with Crippen molar-refractivity contribution >= 4 is 11.9 Å². The van der Waals surface area contributed by atoms with Gasteiger partial charge in [0, 0.05) is 0 Å². The van der Waals surface area contributed by atoms with Crippen LogP contribution in [0, 0.1) is 11.3 Å². The molecule has 0 aliphatic heterocycles. The van der Waals surface area contributed by atoms with Crippen molar-refractivity contribution in [3.8, 4) is 0 Å². The average Bonchev–Trinajstić information content (AvgIpc) is 1.83. The molecule has 0 aliphatic carbocycles. The molecule has 0 aromatic rings. The van der Waals surface area contributed by atoms with Gasteiger partial charge in [-0.15, -0.1) is 0 Å². The third-order valence-electron chi connectivity index (χ3n) is 1.59. The summed E-state index contributed by atoms with van der Waals surface area (Å²) < 4.78 is 4.46. The summed E-state index contributed by atoms with van der Waals surface area (Å²) in [4.78, 5) is 21.9. The van der Waals surface area contributed by atoms with Gasteiger partial charge < -0.3 is 10.5 Å². The minimum atomic E-state index is -0.873. The predicted molar refractivity (Wildman–Crippen MR) is 44.2 cm³/mol. The van der Waals surface area contributed by atoms with Crippen molar-refractivity contribution in [3.05, 3.63) is 0 Å². The van der Waals surface area contributed by atoms with Crippen LogP contribution in [-0.2, 0) is 14.3 Å². The Hall–Kier alpha value is -1.06. The molecule has 0 saturated carbocycles. The van der Waals surface area contributed by atoms with Gasteiger partial charge in [0.05, 0.1) is 7.11 Å². The first-order valence-electron chi connectivity index (χ1n) is 3.68. The molecular formula is C8H15NO3. The number of methoxy groups -OCH3 is 1. The van der Waals surface area contributed by atoms with Crippen LogP contribution in [0.2, 0.25) is 0 Å². The monoisotopic (exact) mass is 173 g/mol. The van der Waals surface area contributed by atoms with Crippen LogP contribution < -0.4 is 5.73 Å². The van der Waals surface area contributed by atoms with Crippen LogP contribution in [0.25, 0.3) is 0 Å². The summed E-state index contributed by atoms with van der Waals surface area (Å²) >= 11 is 0. The van der Waals surface area contributed by atoms with Crippen LogP contribution in [-0.4, -0.2) is 19.0 Å². The van der Waals surface area contributed by atoms with Crippen molar-refractivity contribution in [2.45, 2.75) is 20.8 Å². The molecule has 4 nitrogen and oxygen atoms in total. The molecule has 70 valence electrons. The van der Waals surface area contributed by atoms with E-state index in [0.717, 1.165) is 0 Å². The lowest BCUT2D eigenvalue weighted by atomic mass is 9.80. The molecule has 0 aromatic heterocycles. The largest absolute Gasteiger partial charge is 0.468 e. The number of ether oxygens (including phenoxy) is 1. The summed E-state index contributed by atoms with van der Waals surface area (Å²) in [6.45, 7) is 5.29. The Morgan fingerprint density at radius 2 is 1.75 bits per heavy atom. The maximum Gasteiger partial charge on any atom is 0.318 e. The zero-order chi connectivity index (χ0) is 9.94. The molecule has 0 bridgehead atoms. The van der Waals surface area contributed by atoms with Gasteiger partial charge in [0.25, 0.3) is 0 Å². The molecule has 12 heavy (non-hydrogen) atoms. The highest BCUT2D eigenvalue weighted by molar-refractivity contribution is 5.97. The molecule has 4 heteroatoms. The Morgan fingerprint density at radius 3 is 1.83 bits per heavy atom. The maximum absolute atomic E-state index is 11.1. The number of rotatable bonds is 2. The standard InChI is InChI=1S/C8H15NO3/c1-8(2,3)5(6(9)10)7(11)12-4/h5H,1-4H3,(H2,9,10). The number of nitrogens with two attached hydrogens (primary N) is 1. The molecule has 0 radical (unpaired) electrons. The quantitative estimate of drug-likeness (QED) is 0.482. The molecule has 2 N–H and O–H groups in total. The summed E-state index contributed by atoms with van der Waals surface area (Å²) in [6.07, 6.45) is 0. The number of esters is 1. The second-order valence-corrected chi connectivity index (χ2v) is 3.72. The van der Waals surface area contributed by atoms with Crippen molar-refractivity contribution in [1.29, 1.82) is 0 Å². The number of hydrogen-bond donors (Lipinski definition) is 1. The lowest BCUT2D eigenvalue weighted by Crippen LogP contribution is -2.40.